The van der Waals surface area contributed by atoms with Crippen molar-refractivity contribution < 1.29 is 23.5 Å². The number of methoxy groups -OCH3 is 2. The van der Waals surface area contributed by atoms with Gasteiger partial charge in [0.25, 0.3) is 0 Å². The van der Waals surface area contributed by atoms with Gasteiger partial charge >= 0.3 is 5.97 Å². The molecule has 0 N–H and O–H groups in total. The number of carbonyl (C=O) groups excluding carboxylic acids is 1. The number of benzene rings is 2. The Kier molecular flexibility index (Phi) is 7.19. The lowest BCUT2D eigenvalue weighted by Crippen LogP contribution is -2.07. The molecular formula is C22H23NO5S. The summed E-state index contributed by atoms with van der Waals surface area (Å²) in [5, 5.41) is 3.95. The van der Waals surface area contributed by atoms with Crippen LogP contribution < -0.4 is 9.47 Å². The highest BCUT2D eigenvalue weighted by molar-refractivity contribution is 7.99. The Morgan fingerprint density at radius 2 is 1.79 bits per heavy atom. The Balaban J connectivity index is 1.47. The predicted octanol–water partition coefficient (Wildman–Crippen LogP) is 4.64. The first-order valence-electron chi connectivity index (χ1n) is 9.06. The van der Waals surface area contributed by atoms with Gasteiger partial charge in [0, 0.05) is 17.4 Å². The second-order valence-corrected chi connectivity index (χ2v) is 7.32. The molecule has 0 radical (unpaired) electrons. The molecular weight excluding hydrogens is 390 g/mol. The molecule has 3 rings (SSSR count). The first-order chi connectivity index (χ1) is 14.1. The molecule has 6 nitrogen and oxygen atoms in total. The zero-order valence-corrected chi connectivity index (χ0v) is 17.5. The summed E-state index contributed by atoms with van der Waals surface area (Å²) < 4.78 is 21.2. The van der Waals surface area contributed by atoms with E-state index in [9.17, 15) is 4.79 Å². The molecule has 2 aromatic carbocycles. The fourth-order valence-corrected chi connectivity index (χ4v) is 3.62. The molecule has 0 saturated heterocycles. The summed E-state index contributed by atoms with van der Waals surface area (Å²) in [5.74, 6) is 2.64. The minimum atomic E-state index is -0.294. The topological polar surface area (TPSA) is 70.8 Å². The third kappa shape index (κ3) is 5.54. The van der Waals surface area contributed by atoms with Crippen LogP contribution >= 0.6 is 11.8 Å². The maximum Gasteiger partial charge on any atom is 0.316 e. The molecule has 0 spiro atoms. The van der Waals surface area contributed by atoms with Crippen LogP contribution in [0.15, 0.2) is 53.1 Å². The molecule has 0 amide bonds. The SMILES string of the molecule is COc1cc(C)c(CSCC(=O)OCc2cc(-c3ccccc3)on2)cc1OC. The van der Waals surface area contributed by atoms with Crippen molar-refractivity contribution in [2.24, 2.45) is 0 Å². The van der Waals surface area contributed by atoms with Crippen LogP contribution in [0.4, 0.5) is 0 Å². The summed E-state index contributed by atoms with van der Waals surface area (Å²) in [6.45, 7) is 2.09. The highest BCUT2D eigenvalue weighted by atomic mass is 32.2. The van der Waals surface area contributed by atoms with Gasteiger partial charge in [-0.25, -0.2) is 0 Å². The average molecular weight is 413 g/mol. The van der Waals surface area contributed by atoms with Gasteiger partial charge in [0.1, 0.15) is 12.3 Å². The molecule has 1 aromatic heterocycles. The van der Waals surface area contributed by atoms with E-state index in [2.05, 4.69) is 5.16 Å². The fourth-order valence-electron chi connectivity index (χ4n) is 2.74. The quantitative estimate of drug-likeness (QED) is 0.473. The summed E-state index contributed by atoms with van der Waals surface area (Å²) >= 11 is 1.48. The molecule has 3 aromatic rings. The third-order valence-electron chi connectivity index (χ3n) is 4.32. The van der Waals surface area contributed by atoms with E-state index in [1.165, 1.54) is 11.8 Å². The lowest BCUT2D eigenvalue weighted by Gasteiger charge is -2.12. The van der Waals surface area contributed by atoms with Gasteiger partial charge in [-0.2, -0.15) is 0 Å². The fraction of sp³-hybridized carbons (Fsp3) is 0.273. The van der Waals surface area contributed by atoms with E-state index < -0.39 is 0 Å². The second-order valence-electron chi connectivity index (χ2n) is 6.34. The molecule has 0 aliphatic carbocycles. The summed E-state index contributed by atoms with van der Waals surface area (Å²) in [4.78, 5) is 12.0. The lowest BCUT2D eigenvalue weighted by atomic mass is 10.1. The van der Waals surface area contributed by atoms with Crippen molar-refractivity contribution in [3.05, 3.63) is 65.4 Å². The number of aromatic nitrogens is 1. The van der Waals surface area contributed by atoms with Crippen LogP contribution in [0.5, 0.6) is 11.5 Å². The standard InChI is InChI=1S/C22H23NO5S/c1-15-9-20(25-2)21(26-3)10-17(15)13-29-14-22(24)27-12-18-11-19(28-23-18)16-7-5-4-6-8-16/h4-11H,12-14H2,1-3H3. The normalized spacial score (nSPS) is 10.6. The number of aryl methyl sites for hydroxylation is 1. The maximum atomic E-state index is 12.0. The monoisotopic (exact) mass is 413 g/mol. The van der Waals surface area contributed by atoms with Gasteiger partial charge in [-0.3, -0.25) is 4.79 Å². The number of carbonyl (C=O) groups is 1. The molecule has 0 fully saturated rings. The number of hydrogen-bond donors (Lipinski definition) is 0. The Bertz CT molecular complexity index is 955. The van der Waals surface area contributed by atoms with Crippen molar-refractivity contribution in [3.8, 4) is 22.8 Å². The molecule has 1 heterocycles. The van der Waals surface area contributed by atoms with E-state index in [4.69, 9.17) is 18.7 Å². The van der Waals surface area contributed by atoms with E-state index in [0.29, 0.717) is 28.7 Å². The van der Waals surface area contributed by atoms with Crippen molar-refractivity contribution in [3.63, 3.8) is 0 Å². The summed E-state index contributed by atoms with van der Waals surface area (Å²) in [5.41, 5.74) is 3.68. The zero-order valence-electron chi connectivity index (χ0n) is 16.6. The third-order valence-corrected chi connectivity index (χ3v) is 5.27. The van der Waals surface area contributed by atoms with Crippen molar-refractivity contribution in [2.45, 2.75) is 19.3 Å². The Morgan fingerprint density at radius 3 is 2.52 bits per heavy atom. The Labute approximate surface area is 174 Å². The lowest BCUT2D eigenvalue weighted by molar-refractivity contribution is -0.141. The second kappa shape index (κ2) is 10.0. The van der Waals surface area contributed by atoms with Crippen molar-refractivity contribution >= 4 is 17.7 Å². The molecule has 0 aliphatic heterocycles. The van der Waals surface area contributed by atoms with E-state index >= 15 is 0 Å². The van der Waals surface area contributed by atoms with Crippen LogP contribution in [0, 0.1) is 6.92 Å². The summed E-state index contributed by atoms with van der Waals surface area (Å²) in [6, 6.07) is 15.3. The summed E-state index contributed by atoms with van der Waals surface area (Å²) in [7, 11) is 3.22. The number of hydrogen-bond acceptors (Lipinski definition) is 7. The van der Waals surface area contributed by atoms with Gasteiger partial charge in [-0.05, 0) is 30.2 Å². The average Bonchev–Trinajstić information content (AvgIpc) is 3.23. The minimum absolute atomic E-state index is 0.0884. The van der Waals surface area contributed by atoms with Crippen molar-refractivity contribution in [1.29, 1.82) is 0 Å². The summed E-state index contributed by atoms with van der Waals surface area (Å²) in [6.07, 6.45) is 0. The molecule has 0 atom stereocenters. The largest absolute Gasteiger partial charge is 0.493 e. The smallest absolute Gasteiger partial charge is 0.316 e. The van der Waals surface area contributed by atoms with E-state index in [1.807, 2.05) is 49.4 Å². The molecule has 0 unspecified atom stereocenters. The highest BCUT2D eigenvalue weighted by Gasteiger charge is 2.12. The van der Waals surface area contributed by atoms with E-state index in [0.717, 1.165) is 16.7 Å². The van der Waals surface area contributed by atoms with Crippen LogP contribution in [0.2, 0.25) is 0 Å². The first kappa shape index (κ1) is 20.8. The molecule has 152 valence electrons. The van der Waals surface area contributed by atoms with Crippen LogP contribution in [0.25, 0.3) is 11.3 Å². The zero-order chi connectivity index (χ0) is 20.6. The predicted molar refractivity (Wildman–Crippen MR) is 112 cm³/mol. The number of rotatable bonds is 9. The molecule has 29 heavy (non-hydrogen) atoms. The number of thioether (sulfide) groups is 1. The Morgan fingerprint density at radius 1 is 1.07 bits per heavy atom. The Hall–Kier alpha value is -2.93. The van der Waals surface area contributed by atoms with Gasteiger partial charge in [0.2, 0.25) is 0 Å². The van der Waals surface area contributed by atoms with Crippen LogP contribution in [-0.2, 0) is 21.9 Å². The highest BCUT2D eigenvalue weighted by Crippen LogP contribution is 2.31. The minimum Gasteiger partial charge on any atom is -0.493 e. The van der Waals surface area contributed by atoms with Gasteiger partial charge in [-0.15, -0.1) is 11.8 Å². The first-order valence-corrected chi connectivity index (χ1v) is 10.2. The van der Waals surface area contributed by atoms with Gasteiger partial charge in [0.05, 0.1) is 20.0 Å². The number of ether oxygens (including phenoxy) is 3. The molecule has 0 bridgehead atoms. The molecule has 7 heteroatoms. The van der Waals surface area contributed by atoms with Crippen LogP contribution in [0.1, 0.15) is 16.8 Å². The molecule has 0 aliphatic rings. The van der Waals surface area contributed by atoms with Crippen molar-refractivity contribution in [2.75, 3.05) is 20.0 Å². The van der Waals surface area contributed by atoms with Gasteiger partial charge in [0.15, 0.2) is 17.3 Å². The number of nitrogens with zero attached hydrogens (tertiary/aromatic N) is 1. The maximum absolute atomic E-state index is 12.0. The molecule has 0 saturated carbocycles. The number of esters is 1. The van der Waals surface area contributed by atoms with Crippen LogP contribution in [0.3, 0.4) is 0 Å². The van der Waals surface area contributed by atoms with Gasteiger partial charge < -0.3 is 18.7 Å². The van der Waals surface area contributed by atoms with E-state index in [1.54, 1.807) is 20.3 Å². The van der Waals surface area contributed by atoms with Crippen LogP contribution in [-0.4, -0.2) is 31.1 Å². The van der Waals surface area contributed by atoms with E-state index in [-0.39, 0.29) is 18.3 Å². The van der Waals surface area contributed by atoms with Gasteiger partial charge in [-0.1, -0.05) is 35.5 Å². The van der Waals surface area contributed by atoms with Crippen molar-refractivity contribution in [1.82, 2.24) is 5.16 Å².